The van der Waals surface area contributed by atoms with Gasteiger partial charge in [-0.05, 0) is 42.5 Å². The van der Waals surface area contributed by atoms with Gasteiger partial charge in [-0.2, -0.15) is 0 Å². The number of carbonyl (C=O) groups excluding carboxylic acids is 3. The summed E-state index contributed by atoms with van der Waals surface area (Å²) in [6.07, 6.45) is 4.57. The third-order valence-electron chi connectivity index (χ3n) is 7.71. The molecule has 2 saturated carbocycles. The lowest BCUT2D eigenvalue weighted by atomic mass is 9.83. The van der Waals surface area contributed by atoms with E-state index in [1.165, 1.54) is 0 Å². The highest BCUT2D eigenvalue weighted by molar-refractivity contribution is 6.21. The van der Waals surface area contributed by atoms with Gasteiger partial charge in [-0.15, -0.1) is 0 Å². The molecular formula is C27H25N3O3. The predicted molar refractivity (Wildman–Crippen MR) is 124 cm³/mol. The van der Waals surface area contributed by atoms with Crippen LogP contribution in [0.5, 0.6) is 0 Å². The standard InChI is InChI=1S/C27H25N3O3/c1-26(9-10-26)25(33)29-19-13-16(8-11-28-19)21-17(12-15-6-4-3-5-7-15)20-22(30-21)24(32)27(2)14-18(27)23(20)31/h3-8,11,13,18,30H,9-10,12,14H2,1-2H3,(H,28,29,33)/t18-,27-/m0/s1. The Labute approximate surface area is 191 Å². The quantitative estimate of drug-likeness (QED) is 0.597. The molecule has 1 aromatic carbocycles. The molecule has 6 rings (SSSR count). The van der Waals surface area contributed by atoms with Crippen molar-refractivity contribution in [2.75, 3.05) is 5.32 Å². The molecular weight excluding hydrogens is 414 g/mol. The molecule has 6 nitrogen and oxygen atoms in total. The van der Waals surface area contributed by atoms with E-state index < -0.39 is 5.41 Å². The SMILES string of the molecule is CC1(C(=O)Nc2cc(-c3[nH]c4c(c3Cc3ccccc3)C(=O)[C@@H]3C[C@]3(C)C4=O)ccn2)CC1. The molecule has 2 atom stereocenters. The highest BCUT2D eigenvalue weighted by Crippen LogP contribution is 2.59. The topological polar surface area (TPSA) is 91.9 Å². The van der Waals surface area contributed by atoms with E-state index >= 15 is 0 Å². The first kappa shape index (κ1) is 20.1. The van der Waals surface area contributed by atoms with E-state index in [-0.39, 0.29) is 28.8 Å². The van der Waals surface area contributed by atoms with Gasteiger partial charge >= 0.3 is 0 Å². The Bertz CT molecular complexity index is 1340. The van der Waals surface area contributed by atoms with Crippen molar-refractivity contribution >= 4 is 23.3 Å². The first-order chi connectivity index (χ1) is 15.8. The first-order valence-electron chi connectivity index (χ1n) is 11.5. The molecule has 2 N–H and O–H groups in total. The van der Waals surface area contributed by atoms with Gasteiger partial charge in [0.1, 0.15) is 5.82 Å². The molecule has 2 aromatic heterocycles. The predicted octanol–water partition coefficient (Wildman–Crippen LogP) is 4.81. The molecule has 0 aliphatic heterocycles. The van der Waals surface area contributed by atoms with Gasteiger partial charge in [0.15, 0.2) is 11.6 Å². The largest absolute Gasteiger partial charge is 0.351 e. The van der Waals surface area contributed by atoms with Gasteiger partial charge in [0.25, 0.3) is 0 Å². The van der Waals surface area contributed by atoms with E-state index in [4.69, 9.17) is 0 Å². The van der Waals surface area contributed by atoms with Crippen LogP contribution in [-0.4, -0.2) is 27.4 Å². The van der Waals surface area contributed by atoms with Crippen molar-refractivity contribution in [3.8, 4) is 11.3 Å². The Kier molecular flexibility index (Phi) is 4.10. The lowest BCUT2D eigenvalue weighted by Gasteiger charge is -2.16. The van der Waals surface area contributed by atoms with Crippen LogP contribution in [-0.2, 0) is 11.2 Å². The highest BCUT2D eigenvalue weighted by atomic mass is 16.2. The average molecular weight is 440 g/mol. The van der Waals surface area contributed by atoms with Crippen LogP contribution >= 0.6 is 0 Å². The van der Waals surface area contributed by atoms with E-state index in [1.54, 1.807) is 6.20 Å². The third-order valence-corrected chi connectivity index (χ3v) is 7.71. The van der Waals surface area contributed by atoms with E-state index in [1.807, 2.05) is 56.3 Å². The van der Waals surface area contributed by atoms with Crippen LogP contribution in [0.4, 0.5) is 5.82 Å². The highest BCUT2D eigenvalue weighted by Gasteiger charge is 2.64. The zero-order chi connectivity index (χ0) is 23.0. The number of Topliss-reactive ketones (excluding diaryl/α,β-unsaturated/α-hetero) is 2. The molecule has 1 amide bonds. The Morgan fingerprint density at radius 3 is 2.61 bits per heavy atom. The summed E-state index contributed by atoms with van der Waals surface area (Å²) in [6, 6.07) is 13.6. The number of anilines is 1. The Morgan fingerprint density at radius 1 is 1.12 bits per heavy atom. The summed E-state index contributed by atoms with van der Waals surface area (Å²) < 4.78 is 0. The van der Waals surface area contributed by atoms with Crippen LogP contribution in [0.1, 0.15) is 65.1 Å². The van der Waals surface area contributed by atoms with E-state index in [0.717, 1.165) is 35.2 Å². The molecule has 0 unspecified atom stereocenters. The molecule has 0 spiro atoms. The van der Waals surface area contributed by atoms with Crippen LogP contribution in [0, 0.1) is 16.7 Å². The molecule has 6 heteroatoms. The number of nitrogens with one attached hydrogen (secondary N) is 2. The number of fused-ring (bicyclic) bond motifs is 2. The average Bonchev–Trinajstić information content (AvgIpc) is 3.69. The smallest absolute Gasteiger partial charge is 0.231 e. The van der Waals surface area contributed by atoms with Crippen LogP contribution < -0.4 is 5.32 Å². The van der Waals surface area contributed by atoms with E-state index in [2.05, 4.69) is 15.3 Å². The number of H-pyrrole nitrogens is 1. The maximum absolute atomic E-state index is 13.4. The molecule has 2 heterocycles. The Balaban J connectivity index is 1.45. The number of hydrogen-bond donors (Lipinski definition) is 2. The summed E-state index contributed by atoms with van der Waals surface area (Å²) in [5.41, 5.74) is 3.50. The second-order valence-corrected chi connectivity index (χ2v) is 10.2. The molecule has 0 saturated heterocycles. The summed E-state index contributed by atoms with van der Waals surface area (Å²) in [5, 5.41) is 2.93. The van der Waals surface area contributed by atoms with Crippen molar-refractivity contribution < 1.29 is 14.4 Å². The second-order valence-electron chi connectivity index (χ2n) is 10.2. The normalized spacial score (nSPS) is 24.1. The number of pyridine rings is 1. The molecule has 3 aromatic rings. The maximum atomic E-state index is 13.4. The second kappa shape index (κ2) is 6.73. The fraction of sp³-hybridized carbons (Fsp3) is 0.333. The van der Waals surface area contributed by atoms with Gasteiger partial charge in [-0.25, -0.2) is 4.98 Å². The fourth-order valence-electron chi connectivity index (χ4n) is 5.00. The van der Waals surface area contributed by atoms with Crippen molar-refractivity contribution in [3.05, 3.63) is 71.0 Å². The number of carbonyl (C=O) groups is 3. The fourth-order valence-corrected chi connectivity index (χ4v) is 5.00. The van der Waals surface area contributed by atoms with E-state index in [0.29, 0.717) is 29.9 Å². The van der Waals surface area contributed by atoms with Crippen molar-refractivity contribution in [2.24, 2.45) is 16.7 Å². The number of ketones is 2. The Hall–Kier alpha value is -3.54. The molecule has 3 aliphatic rings. The zero-order valence-electron chi connectivity index (χ0n) is 18.7. The molecule has 0 bridgehead atoms. The number of rotatable bonds is 5. The zero-order valence-corrected chi connectivity index (χ0v) is 18.7. The van der Waals surface area contributed by atoms with Gasteiger partial charge in [-0.3, -0.25) is 14.4 Å². The Morgan fingerprint density at radius 2 is 1.88 bits per heavy atom. The van der Waals surface area contributed by atoms with Gasteiger partial charge in [0.2, 0.25) is 5.91 Å². The lowest BCUT2D eigenvalue weighted by molar-refractivity contribution is -0.120. The van der Waals surface area contributed by atoms with Crippen LogP contribution in [0.15, 0.2) is 48.7 Å². The van der Waals surface area contributed by atoms with Gasteiger partial charge in [-0.1, -0.05) is 44.2 Å². The molecule has 33 heavy (non-hydrogen) atoms. The number of nitrogens with zero attached hydrogens (tertiary/aromatic N) is 1. The van der Waals surface area contributed by atoms with Crippen molar-refractivity contribution in [2.45, 2.75) is 39.5 Å². The molecule has 166 valence electrons. The van der Waals surface area contributed by atoms with Crippen LogP contribution in [0.25, 0.3) is 11.3 Å². The number of hydrogen-bond acceptors (Lipinski definition) is 4. The van der Waals surface area contributed by atoms with Gasteiger partial charge in [0, 0.05) is 34.9 Å². The summed E-state index contributed by atoms with van der Waals surface area (Å²) >= 11 is 0. The number of aromatic amines is 1. The van der Waals surface area contributed by atoms with Crippen molar-refractivity contribution in [1.82, 2.24) is 9.97 Å². The summed E-state index contributed by atoms with van der Waals surface area (Å²) in [4.78, 5) is 46.8. The minimum atomic E-state index is -0.576. The lowest BCUT2D eigenvalue weighted by Crippen LogP contribution is -2.27. The number of benzene rings is 1. The minimum absolute atomic E-state index is 0.0203. The minimum Gasteiger partial charge on any atom is -0.351 e. The summed E-state index contributed by atoms with van der Waals surface area (Å²) in [6.45, 7) is 3.84. The van der Waals surface area contributed by atoms with E-state index in [9.17, 15) is 14.4 Å². The monoisotopic (exact) mass is 439 g/mol. The summed E-state index contributed by atoms with van der Waals surface area (Å²) in [7, 11) is 0. The molecule has 2 fully saturated rings. The van der Waals surface area contributed by atoms with Crippen molar-refractivity contribution in [1.29, 1.82) is 0 Å². The van der Waals surface area contributed by atoms with Crippen LogP contribution in [0.3, 0.4) is 0 Å². The van der Waals surface area contributed by atoms with Crippen LogP contribution in [0.2, 0.25) is 0 Å². The summed E-state index contributed by atoms with van der Waals surface area (Å²) in [5.74, 6) is 0.302. The number of aromatic nitrogens is 2. The van der Waals surface area contributed by atoms with Gasteiger partial charge < -0.3 is 10.3 Å². The number of amides is 1. The third kappa shape index (κ3) is 3.08. The molecule has 3 aliphatic carbocycles. The molecule has 0 radical (unpaired) electrons. The maximum Gasteiger partial charge on any atom is 0.231 e. The van der Waals surface area contributed by atoms with Crippen molar-refractivity contribution in [3.63, 3.8) is 0 Å². The van der Waals surface area contributed by atoms with Gasteiger partial charge in [0.05, 0.1) is 17.0 Å². The first-order valence-corrected chi connectivity index (χ1v) is 11.5.